The minimum absolute atomic E-state index is 0.00548. The topological polar surface area (TPSA) is 12.0 Å². The summed E-state index contributed by atoms with van der Waals surface area (Å²) in [5, 5.41) is 0. The predicted octanol–water partition coefficient (Wildman–Crippen LogP) is 5.38. The summed E-state index contributed by atoms with van der Waals surface area (Å²) in [5.41, 5.74) is 2.89. The molecule has 3 heteroatoms. The first kappa shape index (κ1) is 21.5. The van der Waals surface area contributed by atoms with Crippen LogP contribution in [0.2, 0.25) is 13.1 Å². The molecule has 1 unspecified atom stereocenters. The number of fused-ring (bicyclic) bond motifs is 1. The van der Waals surface area contributed by atoms with Crippen LogP contribution in [0.25, 0.3) is 6.08 Å². The van der Waals surface area contributed by atoms with Gasteiger partial charge in [0.15, 0.2) is 0 Å². The van der Waals surface area contributed by atoms with E-state index in [1.165, 1.54) is 11.1 Å². The Labute approximate surface area is 184 Å². The van der Waals surface area contributed by atoms with E-state index < -0.39 is 21.5 Å². The van der Waals surface area contributed by atoms with Crippen LogP contribution in [-0.4, -0.2) is 12.2 Å². The maximum atomic E-state index is 4.50. The van der Waals surface area contributed by atoms with Crippen molar-refractivity contribution >= 4 is 20.5 Å². The van der Waals surface area contributed by atoms with E-state index in [9.17, 15) is 0 Å². The molecule has 4 rings (SSSR count). The number of benzene rings is 3. The average Bonchev–Trinajstić information content (AvgIpc) is 3.17. The Balaban J connectivity index is 2.20. The summed E-state index contributed by atoms with van der Waals surface area (Å²) in [6.07, 6.45) is 4.91. The van der Waals surface area contributed by atoms with Crippen LogP contribution in [0.15, 0.2) is 91.0 Å². The fourth-order valence-electron chi connectivity index (χ4n) is 6.09. The molecule has 0 radical (unpaired) electrons. The normalized spacial score (nSPS) is 17.5. The molecule has 0 bridgehead atoms. The summed E-state index contributed by atoms with van der Waals surface area (Å²) < 4.78 is 8.03. The molecular weight excluding hydrogens is 414 g/mol. The van der Waals surface area contributed by atoms with Gasteiger partial charge in [-0.3, -0.25) is 0 Å². The number of allylic oxidation sites excluding steroid dienone is 1. The van der Waals surface area contributed by atoms with Crippen LogP contribution in [0.4, 0.5) is 0 Å². The quantitative estimate of drug-likeness (QED) is 0.517. The molecule has 0 fully saturated rings. The Bertz CT molecular complexity index is 1010. The summed E-state index contributed by atoms with van der Waals surface area (Å²) in [7, 11) is 0. The van der Waals surface area contributed by atoms with Crippen LogP contribution in [-0.2, 0) is 14.8 Å². The fourth-order valence-corrected chi connectivity index (χ4v) is 33.9. The minimum atomic E-state index is -3.85. The molecule has 1 aliphatic rings. The molecule has 0 spiro atoms. The number of hydrogen-bond acceptors (Lipinski definition) is 1. The fraction of sp³-hybridized carbons (Fsp3) is 0.259. The standard InChI is InChI=1S/C9H7.2C6H5.C4H10N.C2H7Si.Ti/c1-2-5-9-7-3-6-8(9)4-1;2*1-2-4-6-5-3-1;1-4(2,3)5;1-3-2;/h1-7H;2*1-5H;5H,1-3H3;3H,1-2H3;/q;;;-1;;+1. The first-order chi connectivity index (χ1) is 14.3. The van der Waals surface area contributed by atoms with Crippen molar-refractivity contribution in [3.05, 3.63) is 102 Å². The molecule has 30 heavy (non-hydrogen) atoms. The molecule has 1 aliphatic carbocycles. The van der Waals surface area contributed by atoms with Gasteiger partial charge >= 0.3 is 185 Å². The van der Waals surface area contributed by atoms with Crippen LogP contribution in [0.1, 0.15) is 36.1 Å². The second-order valence-corrected chi connectivity index (χ2v) is 30.4. The van der Waals surface area contributed by atoms with Gasteiger partial charge < -0.3 is 0 Å². The summed E-state index contributed by atoms with van der Waals surface area (Å²) in [4.78, 5) is 0. The van der Waals surface area contributed by atoms with Crippen molar-refractivity contribution in [1.29, 1.82) is 0 Å². The second-order valence-electron chi connectivity index (χ2n) is 10.1. The van der Waals surface area contributed by atoms with Gasteiger partial charge in [-0.15, -0.1) is 0 Å². The number of rotatable bonds is 5. The monoisotopic (exact) mass is 448 g/mol. The third-order valence-electron chi connectivity index (χ3n) is 7.08. The van der Waals surface area contributed by atoms with Gasteiger partial charge in [-0.2, -0.15) is 0 Å². The van der Waals surface area contributed by atoms with Crippen molar-refractivity contribution in [2.45, 2.75) is 43.6 Å². The van der Waals surface area contributed by atoms with Crippen molar-refractivity contribution in [2.75, 3.05) is 0 Å². The van der Waals surface area contributed by atoms with Gasteiger partial charge in [0.2, 0.25) is 0 Å². The van der Waals surface area contributed by atoms with E-state index in [0.717, 1.165) is 0 Å². The Hall–Kier alpha value is -1.71. The molecule has 0 amide bonds. The summed E-state index contributed by atoms with van der Waals surface area (Å²) in [6.45, 7) is 10.9. The van der Waals surface area contributed by atoms with Gasteiger partial charge in [-0.1, -0.05) is 0 Å². The zero-order valence-electron chi connectivity index (χ0n) is 18.9. The van der Waals surface area contributed by atoms with Crippen molar-refractivity contribution in [2.24, 2.45) is 0 Å². The molecule has 0 saturated carbocycles. The molecule has 0 saturated heterocycles. The van der Waals surface area contributed by atoms with Crippen LogP contribution >= 0.6 is 0 Å². The molecule has 1 nitrogen and oxygen atoms in total. The third-order valence-corrected chi connectivity index (χ3v) is 35.3. The van der Waals surface area contributed by atoms with E-state index in [-0.39, 0.29) is 5.54 Å². The van der Waals surface area contributed by atoms with Gasteiger partial charge in [0, 0.05) is 0 Å². The van der Waals surface area contributed by atoms with E-state index in [4.69, 9.17) is 0 Å². The summed E-state index contributed by atoms with van der Waals surface area (Å²) >= 11 is -3.85. The Morgan fingerprint density at radius 3 is 1.73 bits per heavy atom. The number of hydrogen-bond donors (Lipinski definition) is 1. The molecule has 3 aromatic carbocycles. The van der Waals surface area contributed by atoms with Crippen LogP contribution in [0.3, 0.4) is 0 Å². The Morgan fingerprint density at radius 1 is 0.733 bits per heavy atom. The van der Waals surface area contributed by atoms with Crippen molar-refractivity contribution in [3.63, 3.8) is 0 Å². The third kappa shape index (κ3) is 3.13. The van der Waals surface area contributed by atoms with Gasteiger partial charge in [0.1, 0.15) is 0 Å². The Kier molecular flexibility index (Phi) is 5.57. The summed E-state index contributed by atoms with van der Waals surface area (Å²) in [6, 6.07) is 32.0. The molecule has 3 aromatic rings. The average molecular weight is 449 g/mol. The van der Waals surface area contributed by atoms with Crippen molar-refractivity contribution in [1.82, 2.24) is 3.80 Å². The van der Waals surface area contributed by atoms with Crippen molar-refractivity contribution < 1.29 is 14.8 Å². The van der Waals surface area contributed by atoms with Crippen molar-refractivity contribution in [3.8, 4) is 0 Å². The molecule has 155 valence electrons. The number of nitrogens with one attached hydrogen (secondary N) is 1. The first-order valence-electron chi connectivity index (χ1n) is 11.1. The Morgan fingerprint density at radius 2 is 1.23 bits per heavy atom. The molecular formula is C27H34NSiTi. The van der Waals surface area contributed by atoms with Gasteiger partial charge in [0.25, 0.3) is 0 Å². The van der Waals surface area contributed by atoms with Gasteiger partial charge in [-0.05, 0) is 0 Å². The summed E-state index contributed by atoms with van der Waals surface area (Å²) in [5.74, 6) is 0. The van der Waals surface area contributed by atoms with E-state index in [0.29, 0.717) is 4.22 Å². The molecule has 0 aliphatic heterocycles. The maximum absolute atomic E-state index is 4.50. The van der Waals surface area contributed by atoms with E-state index in [2.05, 4.69) is 135 Å². The SMILES string of the molecule is C[SiH](C)[Ti]([NH]C(C)(C)C)([c]1ccccc1)([c]1ccccc1)[CH]1C=Cc2ccccc21. The van der Waals surface area contributed by atoms with E-state index >= 15 is 0 Å². The van der Waals surface area contributed by atoms with Crippen LogP contribution in [0.5, 0.6) is 0 Å². The van der Waals surface area contributed by atoms with E-state index in [1.54, 1.807) is 7.74 Å². The molecule has 0 aromatic heterocycles. The van der Waals surface area contributed by atoms with Crippen LogP contribution < -0.4 is 11.5 Å². The molecule has 0 heterocycles. The first-order valence-corrected chi connectivity index (χ1v) is 20.0. The van der Waals surface area contributed by atoms with Gasteiger partial charge in [-0.25, -0.2) is 0 Å². The zero-order chi connectivity index (χ0) is 21.4. The van der Waals surface area contributed by atoms with Gasteiger partial charge in [0.05, 0.1) is 0 Å². The van der Waals surface area contributed by atoms with Crippen LogP contribution in [0, 0.1) is 0 Å². The second kappa shape index (κ2) is 7.76. The zero-order valence-corrected chi connectivity index (χ0v) is 21.6. The van der Waals surface area contributed by atoms with E-state index in [1.807, 2.05) is 0 Å². The predicted molar refractivity (Wildman–Crippen MR) is 132 cm³/mol. The molecule has 1 atom stereocenters. The molecule has 1 N–H and O–H groups in total.